The molecule has 0 unspecified atom stereocenters. The summed E-state index contributed by atoms with van der Waals surface area (Å²) in [7, 11) is 0. The molecule has 1 heteroatoms. The van der Waals surface area contributed by atoms with Crippen molar-refractivity contribution in [2.45, 2.75) is 97.3 Å². The first-order valence-electron chi connectivity index (χ1n) is 8.35. The third-order valence-corrected chi connectivity index (χ3v) is 4.40. The summed E-state index contributed by atoms with van der Waals surface area (Å²) in [5, 5.41) is 0. The predicted molar refractivity (Wildman–Crippen MR) is 88.1 cm³/mol. The average Bonchev–Trinajstić information content (AvgIpc) is 2.39. The largest absolute Gasteiger partial charge is 0.157 e. The Bertz CT molecular complexity index is 118. The number of hydrogen-bond donors (Lipinski definition) is 0. The lowest BCUT2D eigenvalue weighted by atomic mass is 10.1. The first-order chi connectivity index (χ1) is 8.91. The third-order valence-electron chi connectivity index (χ3n) is 3.41. The molecule has 0 aromatic carbocycles. The van der Waals surface area contributed by atoms with Crippen LogP contribution in [0, 0.1) is 5.75 Å². The second-order valence-electron chi connectivity index (χ2n) is 5.36. The van der Waals surface area contributed by atoms with Crippen LogP contribution >= 0.6 is 11.8 Å². The van der Waals surface area contributed by atoms with E-state index in [1.165, 1.54) is 89.2 Å². The first-order valence-corrected chi connectivity index (χ1v) is 9.40. The monoisotopic (exact) mass is 271 g/mol. The smallest absolute Gasteiger partial charge is 0.0166 e. The lowest BCUT2D eigenvalue weighted by Crippen LogP contribution is -1.83. The van der Waals surface area contributed by atoms with Crippen molar-refractivity contribution in [3.63, 3.8) is 0 Å². The minimum Gasteiger partial charge on any atom is -0.157 e. The summed E-state index contributed by atoms with van der Waals surface area (Å²) in [5.74, 6) is 3.78. The summed E-state index contributed by atoms with van der Waals surface area (Å²) in [6, 6.07) is 0. The van der Waals surface area contributed by atoms with E-state index in [1.54, 1.807) is 0 Å². The van der Waals surface area contributed by atoms with Gasteiger partial charge in [0.1, 0.15) is 0 Å². The van der Waals surface area contributed by atoms with Crippen molar-refractivity contribution >= 4 is 11.8 Å². The molecule has 0 saturated heterocycles. The highest BCUT2D eigenvalue weighted by Crippen LogP contribution is 2.16. The standard InChI is InChI=1S/C17H35S/c1-3-5-7-8-9-10-11-12-13-15-17-18-16-14-6-4-2/h17H,3-16H2,1-2H3. The molecule has 0 N–H and O–H groups in total. The van der Waals surface area contributed by atoms with E-state index in [0.29, 0.717) is 0 Å². The van der Waals surface area contributed by atoms with Crippen LogP contribution in [0.15, 0.2) is 0 Å². The fourth-order valence-electron chi connectivity index (χ4n) is 2.14. The maximum absolute atomic E-state index is 2.44. The van der Waals surface area contributed by atoms with Crippen molar-refractivity contribution in [2.75, 3.05) is 5.75 Å². The predicted octanol–water partition coefficient (Wildman–Crippen LogP) is 6.99. The maximum atomic E-state index is 2.44. The normalized spacial score (nSPS) is 11.0. The summed E-state index contributed by atoms with van der Waals surface area (Å²) in [6.45, 7) is 4.56. The van der Waals surface area contributed by atoms with E-state index in [1.807, 2.05) is 11.8 Å². The first kappa shape index (κ1) is 18.4. The van der Waals surface area contributed by atoms with Crippen molar-refractivity contribution in [1.29, 1.82) is 0 Å². The van der Waals surface area contributed by atoms with Crippen molar-refractivity contribution in [1.82, 2.24) is 0 Å². The van der Waals surface area contributed by atoms with Crippen LogP contribution in [-0.2, 0) is 0 Å². The molecule has 0 saturated carbocycles. The molecule has 0 spiro atoms. The van der Waals surface area contributed by atoms with Crippen LogP contribution in [0.25, 0.3) is 0 Å². The Morgan fingerprint density at radius 2 is 1.11 bits per heavy atom. The van der Waals surface area contributed by atoms with Crippen molar-refractivity contribution in [2.24, 2.45) is 0 Å². The minimum absolute atomic E-state index is 1.33. The number of rotatable bonds is 15. The highest BCUT2D eigenvalue weighted by atomic mass is 32.2. The van der Waals surface area contributed by atoms with E-state index in [0.717, 1.165) is 0 Å². The maximum Gasteiger partial charge on any atom is 0.0166 e. The molecule has 0 atom stereocenters. The summed E-state index contributed by atoms with van der Waals surface area (Å²) >= 11 is 2.05. The topological polar surface area (TPSA) is 0 Å². The molecule has 0 fully saturated rings. The van der Waals surface area contributed by atoms with Gasteiger partial charge in [0, 0.05) is 5.75 Å². The average molecular weight is 272 g/mol. The van der Waals surface area contributed by atoms with E-state index in [9.17, 15) is 0 Å². The van der Waals surface area contributed by atoms with Gasteiger partial charge in [0.05, 0.1) is 0 Å². The Balaban J connectivity index is 2.86. The Kier molecular flexibility index (Phi) is 17.7. The number of thioether (sulfide) groups is 1. The molecule has 0 aliphatic heterocycles. The lowest BCUT2D eigenvalue weighted by Gasteiger charge is -2.02. The zero-order chi connectivity index (χ0) is 13.3. The quantitative estimate of drug-likeness (QED) is 0.289. The molecule has 0 bridgehead atoms. The minimum atomic E-state index is 1.33. The zero-order valence-corrected chi connectivity index (χ0v) is 13.7. The summed E-state index contributed by atoms with van der Waals surface area (Å²) in [4.78, 5) is 0. The van der Waals surface area contributed by atoms with Gasteiger partial charge in [-0.25, -0.2) is 0 Å². The van der Waals surface area contributed by atoms with Gasteiger partial charge in [-0.15, -0.1) is 0 Å². The fourth-order valence-corrected chi connectivity index (χ4v) is 3.01. The molecule has 0 heterocycles. The Morgan fingerprint density at radius 3 is 1.72 bits per heavy atom. The van der Waals surface area contributed by atoms with Gasteiger partial charge in [0.25, 0.3) is 0 Å². The summed E-state index contributed by atoms with van der Waals surface area (Å²) < 4.78 is 0. The van der Waals surface area contributed by atoms with Gasteiger partial charge >= 0.3 is 0 Å². The molecule has 0 nitrogen and oxygen atoms in total. The molecule has 0 rings (SSSR count). The van der Waals surface area contributed by atoms with Gasteiger partial charge in [-0.05, 0) is 18.6 Å². The van der Waals surface area contributed by atoms with Crippen LogP contribution in [0.2, 0.25) is 0 Å². The molecule has 0 aliphatic carbocycles. The summed E-state index contributed by atoms with van der Waals surface area (Å²) in [5.41, 5.74) is 0. The molecule has 0 aliphatic rings. The van der Waals surface area contributed by atoms with Crippen LogP contribution in [0.5, 0.6) is 0 Å². The number of unbranched alkanes of at least 4 members (excludes halogenated alkanes) is 11. The Labute approximate surface area is 121 Å². The Hall–Kier alpha value is 0.350. The molecule has 18 heavy (non-hydrogen) atoms. The van der Waals surface area contributed by atoms with E-state index in [-0.39, 0.29) is 0 Å². The molecule has 109 valence electrons. The SMILES string of the molecule is CCCCCCCCCCC[CH]SCCCCC. The van der Waals surface area contributed by atoms with Crippen molar-refractivity contribution in [3.8, 4) is 0 Å². The van der Waals surface area contributed by atoms with Crippen LogP contribution in [0.3, 0.4) is 0 Å². The second-order valence-corrected chi connectivity index (χ2v) is 6.44. The van der Waals surface area contributed by atoms with Crippen LogP contribution < -0.4 is 0 Å². The fraction of sp³-hybridized carbons (Fsp3) is 0.941. The Morgan fingerprint density at radius 1 is 0.611 bits per heavy atom. The summed E-state index contributed by atoms with van der Waals surface area (Å²) in [6.07, 6.45) is 18.4. The highest BCUT2D eigenvalue weighted by molar-refractivity contribution is 8.01. The lowest BCUT2D eigenvalue weighted by molar-refractivity contribution is 0.565. The van der Waals surface area contributed by atoms with E-state index in [2.05, 4.69) is 19.6 Å². The zero-order valence-electron chi connectivity index (χ0n) is 12.9. The van der Waals surface area contributed by atoms with Crippen LogP contribution in [-0.4, -0.2) is 5.75 Å². The highest BCUT2D eigenvalue weighted by Gasteiger charge is 1.94. The van der Waals surface area contributed by atoms with Gasteiger partial charge in [-0.1, -0.05) is 84.5 Å². The van der Waals surface area contributed by atoms with E-state index < -0.39 is 0 Å². The molecule has 0 amide bonds. The van der Waals surface area contributed by atoms with Gasteiger partial charge in [-0.2, -0.15) is 11.8 Å². The molecule has 1 radical (unpaired) electrons. The van der Waals surface area contributed by atoms with Gasteiger partial charge in [-0.3, -0.25) is 0 Å². The number of hydrogen-bond acceptors (Lipinski definition) is 1. The van der Waals surface area contributed by atoms with Gasteiger partial charge in [0.2, 0.25) is 0 Å². The van der Waals surface area contributed by atoms with Crippen molar-refractivity contribution in [3.05, 3.63) is 5.75 Å². The second kappa shape index (κ2) is 17.4. The van der Waals surface area contributed by atoms with Gasteiger partial charge < -0.3 is 0 Å². The van der Waals surface area contributed by atoms with E-state index in [4.69, 9.17) is 0 Å². The molecular formula is C17H35S. The van der Waals surface area contributed by atoms with Crippen molar-refractivity contribution < 1.29 is 0 Å². The third kappa shape index (κ3) is 16.4. The molecule has 0 aromatic heterocycles. The van der Waals surface area contributed by atoms with Crippen LogP contribution in [0.1, 0.15) is 97.3 Å². The van der Waals surface area contributed by atoms with Gasteiger partial charge in [0.15, 0.2) is 0 Å². The molecule has 0 aromatic rings. The van der Waals surface area contributed by atoms with E-state index >= 15 is 0 Å². The molecular weight excluding hydrogens is 236 g/mol. The van der Waals surface area contributed by atoms with Crippen LogP contribution in [0.4, 0.5) is 0 Å².